The third-order valence-electron chi connectivity index (χ3n) is 5.41. The zero-order valence-corrected chi connectivity index (χ0v) is 16.0. The lowest BCUT2D eigenvalue weighted by atomic mass is 10.00. The summed E-state index contributed by atoms with van der Waals surface area (Å²) in [6.45, 7) is 3.71. The number of benzene rings is 2. The Labute approximate surface area is 162 Å². The summed E-state index contributed by atoms with van der Waals surface area (Å²) >= 11 is 0. The second-order valence-electron chi connectivity index (χ2n) is 7.16. The number of nitrogens with one attached hydrogen (secondary N) is 1. The van der Waals surface area contributed by atoms with Gasteiger partial charge in [-0.25, -0.2) is 0 Å². The van der Waals surface area contributed by atoms with Gasteiger partial charge in [0, 0.05) is 26.1 Å². The van der Waals surface area contributed by atoms with Crippen LogP contribution < -0.4 is 5.32 Å². The Bertz CT molecular complexity index is 766. The van der Waals surface area contributed by atoms with Crippen molar-refractivity contribution in [1.29, 1.82) is 0 Å². The van der Waals surface area contributed by atoms with Gasteiger partial charge in [-0.05, 0) is 60.0 Å². The monoisotopic (exact) mass is 370 g/mol. The van der Waals surface area contributed by atoms with E-state index in [1.165, 1.54) is 27.8 Å². The van der Waals surface area contributed by atoms with Crippen molar-refractivity contribution in [3.05, 3.63) is 59.2 Å². The van der Waals surface area contributed by atoms with Gasteiger partial charge in [-0.2, -0.15) is 0 Å². The second kappa shape index (κ2) is 8.70. The van der Waals surface area contributed by atoms with Gasteiger partial charge in [0.1, 0.15) is 0 Å². The van der Waals surface area contributed by atoms with E-state index >= 15 is 0 Å². The van der Waals surface area contributed by atoms with Gasteiger partial charge < -0.3 is 10.2 Å². The molecule has 2 aliphatic rings. The van der Waals surface area contributed by atoms with E-state index in [2.05, 4.69) is 47.8 Å². The number of amides is 1. The number of aryl methyl sites for hydroxylation is 1. The zero-order valence-electron chi connectivity index (χ0n) is 15.2. The molecule has 2 aromatic rings. The molecule has 4 heteroatoms. The summed E-state index contributed by atoms with van der Waals surface area (Å²) < 4.78 is 0. The van der Waals surface area contributed by atoms with Crippen LogP contribution in [0.3, 0.4) is 0 Å². The fourth-order valence-corrected chi connectivity index (χ4v) is 4.02. The van der Waals surface area contributed by atoms with Gasteiger partial charge in [-0.1, -0.05) is 42.5 Å². The number of carbonyl (C=O) groups excluding carboxylic acids is 1. The van der Waals surface area contributed by atoms with Crippen LogP contribution in [-0.4, -0.2) is 37.0 Å². The molecule has 3 nitrogen and oxygen atoms in total. The number of fused-ring (bicyclic) bond motifs is 3. The first-order valence-electron chi connectivity index (χ1n) is 9.50. The number of nitrogens with zero attached hydrogens (tertiary/aromatic N) is 1. The summed E-state index contributed by atoms with van der Waals surface area (Å²) in [5.41, 5.74) is 6.98. The molecule has 1 N–H and O–H groups in total. The predicted molar refractivity (Wildman–Crippen MR) is 109 cm³/mol. The van der Waals surface area contributed by atoms with Crippen LogP contribution in [0.25, 0.3) is 11.1 Å². The number of hydrogen-bond donors (Lipinski definition) is 1. The normalized spacial score (nSPS) is 15.6. The highest BCUT2D eigenvalue weighted by molar-refractivity contribution is 5.85. The molecule has 26 heavy (non-hydrogen) atoms. The summed E-state index contributed by atoms with van der Waals surface area (Å²) in [7, 11) is 0. The van der Waals surface area contributed by atoms with E-state index in [1.54, 1.807) is 0 Å². The standard InChI is InChI=1S/C22H26N2O.ClH/c25-22(24-13-4-11-23-12-14-24)8-3-5-17-9-10-19-16-18-6-1-2-7-20(18)21(19)15-17;/h1-2,6-7,9-10,15,23H,3-5,8,11-14,16H2;1H. The molecule has 2 aromatic carbocycles. The molecule has 1 aliphatic heterocycles. The van der Waals surface area contributed by atoms with E-state index in [-0.39, 0.29) is 12.4 Å². The molecule has 138 valence electrons. The molecule has 0 unspecified atom stereocenters. The van der Waals surface area contributed by atoms with Gasteiger partial charge in [0.2, 0.25) is 5.91 Å². The summed E-state index contributed by atoms with van der Waals surface area (Å²) in [5.74, 6) is 0.315. The van der Waals surface area contributed by atoms with Crippen LogP contribution in [0.4, 0.5) is 0 Å². The van der Waals surface area contributed by atoms with E-state index in [0.717, 1.165) is 51.9 Å². The Morgan fingerprint density at radius 1 is 1.00 bits per heavy atom. The lowest BCUT2D eigenvalue weighted by Crippen LogP contribution is -2.34. The first kappa shape index (κ1) is 18.9. The highest BCUT2D eigenvalue weighted by atomic mass is 35.5. The molecule has 1 amide bonds. The Balaban J connectivity index is 0.00000196. The molecule has 0 radical (unpaired) electrons. The number of carbonyl (C=O) groups is 1. The Morgan fingerprint density at radius 3 is 2.77 bits per heavy atom. The minimum atomic E-state index is 0. The first-order chi connectivity index (χ1) is 12.3. The fraction of sp³-hybridized carbons (Fsp3) is 0.409. The Kier molecular flexibility index (Phi) is 6.33. The highest BCUT2D eigenvalue weighted by Gasteiger charge is 2.18. The smallest absolute Gasteiger partial charge is 0.222 e. The summed E-state index contributed by atoms with van der Waals surface area (Å²) in [4.78, 5) is 14.4. The molecule has 0 saturated carbocycles. The number of hydrogen-bond acceptors (Lipinski definition) is 2. The van der Waals surface area contributed by atoms with Gasteiger partial charge in [0.15, 0.2) is 0 Å². The van der Waals surface area contributed by atoms with Crippen molar-refractivity contribution in [2.75, 3.05) is 26.2 Å². The van der Waals surface area contributed by atoms with Crippen LogP contribution in [0.5, 0.6) is 0 Å². The van der Waals surface area contributed by atoms with Gasteiger partial charge >= 0.3 is 0 Å². The Hall–Kier alpha value is -1.84. The van der Waals surface area contributed by atoms with Crippen molar-refractivity contribution in [3.8, 4) is 11.1 Å². The number of halogens is 1. The van der Waals surface area contributed by atoms with Crippen molar-refractivity contribution in [1.82, 2.24) is 10.2 Å². The Morgan fingerprint density at radius 2 is 1.85 bits per heavy atom. The first-order valence-corrected chi connectivity index (χ1v) is 9.50. The third-order valence-corrected chi connectivity index (χ3v) is 5.41. The maximum Gasteiger partial charge on any atom is 0.222 e. The highest BCUT2D eigenvalue weighted by Crippen LogP contribution is 2.36. The van der Waals surface area contributed by atoms with E-state index in [1.807, 2.05) is 4.90 Å². The summed E-state index contributed by atoms with van der Waals surface area (Å²) in [5, 5.41) is 3.35. The average molecular weight is 371 g/mol. The molecule has 4 rings (SSSR count). The average Bonchev–Trinajstić information content (AvgIpc) is 2.81. The molecule has 1 aliphatic carbocycles. The molecule has 1 fully saturated rings. The second-order valence-corrected chi connectivity index (χ2v) is 7.16. The molecular formula is C22H27ClN2O. The van der Waals surface area contributed by atoms with E-state index < -0.39 is 0 Å². The maximum absolute atomic E-state index is 12.4. The fourth-order valence-electron chi connectivity index (χ4n) is 4.02. The molecule has 1 saturated heterocycles. The third kappa shape index (κ3) is 4.11. The van der Waals surface area contributed by atoms with Crippen molar-refractivity contribution < 1.29 is 4.79 Å². The van der Waals surface area contributed by atoms with Crippen LogP contribution in [-0.2, 0) is 17.6 Å². The van der Waals surface area contributed by atoms with E-state index in [0.29, 0.717) is 12.3 Å². The molecule has 0 spiro atoms. The van der Waals surface area contributed by atoms with Crippen molar-refractivity contribution in [2.24, 2.45) is 0 Å². The summed E-state index contributed by atoms with van der Waals surface area (Å²) in [6.07, 6.45) is 4.69. The van der Waals surface area contributed by atoms with Gasteiger partial charge in [-0.15, -0.1) is 12.4 Å². The minimum absolute atomic E-state index is 0. The molecular weight excluding hydrogens is 344 g/mol. The minimum Gasteiger partial charge on any atom is -0.341 e. The lowest BCUT2D eigenvalue weighted by molar-refractivity contribution is -0.131. The van der Waals surface area contributed by atoms with Crippen LogP contribution in [0.1, 0.15) is 36.0 Å². The largest absolute Gasteiger partial charge is 0.341 e. The summed E-state index contributed by atoms with van der Waals surface area (Å²) in [6, 6.07) is 15.5. The van der Waals surface area contributed by atoms with Crippen LogP contribution in [0.2, 0.25) is 0 Å². The molecule has 0 atom stereocenters. The predicted octanol–water partition coefficient (Wildman–Crippen LogP) is 3.82. The maximum atomic E-state index is 12.4. The van der Waals surface area contributed by atoms with Gasteiger partial charge in [-0.3, -0.25) is 4.79 Å². The van der Waals surface area contributed by atoms with E-state index in [9.17, 15) is 4.79 Å². The van der Waals surface area contributed by atoms with Gasteiger partial charge in [0.05, 0.1) is 0 Å². The van der Waals surface area contributed by atoms with Crippen LogP contribution in [0, 0.1) is 0 Å². The van der Waals surface area contributed by atoms with E-state index in [4.69, 9.17) is 0 Å². The zero-order chi connectivity index (χ0) is 17.1. The van der Waals surface area contributed by atoms with Crippen molar-refractivity contribution in [3.63, 3.8) is 0 Å². The van der Waals surface area contributed by atoms with Crippen LogP contribution >= 0.6 is 12.4 Å². The quantitative estimate of drug-likeness (QED) is 0.757. The van der Waals surface area contributed by atoms with Crippen molar-refractivity contribution in [2.45, 2.75) is 32.1 Å². The molecule has 0 aromatic heterocycles. The van der Waals surface area contributed by atoms with Gasteiger partial charge in [0.25, 0.3) is 0 Å². The molecule has 0 bridgehead atoms. The lowest BCUT2D eigenvalue weighted by Gasteiger charge is -2.19. The van der Waals surface area contributed by atoms with Crippen LogP contribution in [0.15, 0.2) is 42.5 Å². The number of rotatable bonds is 4. The molecule has 1 heterocycles. The van der Waals surface area contributed by atoms with Crippen molar-refractivity contribution >= 4 is 18.3 Å². The topological polar surface area (TPSA) is 32.3 Å². The SMILES string of the molecule is Cl.O=C(CCCc1ccc2c(c1)-c1ccccc1C2)N1CCCNCC1.